The first-order valence-corrected chi connectivity index (χ1v) is 5.85. The summed E-state index contributed by atoms with van der Waals surface area (Å²) in [4.78, 5) is 10.7. The Morgan fingerprint density at radius 3 is 2.53 bits per heavy atom. The number of carbonyl (C=O) groups excluding carboxylic acids is 1. The van der Waals surface area contributed by atoms with Crippen molar-refractivity contribution in [1.82, 2.24) is 0 Å². The van der Waals surface area contributed by atoms with Gasteiger partial charge in [-0.25, -0.2) is 0 Å². The second-order valence-corrected chi connectivity index (χ2v) is 3.47. The van der Waals surface area contributed by atoms with Crippen LogP contribution in [0.15, 0.2) is 36.1 Å². The highest BCUT2D eigenvalue weighted by atomic mass is 16.5. The molecule has 0 amide bonds. The molecule has 0 fully saturated rings. The molecule has 17 heavy (non-hydrogen) atoms. The van der Waals surface area contributed by atoms with Crippen LogP contribution in [-0.2, 0) is 9.53 Å². The summed E-state index contributed by atoms with van der Waals surface area (Å²) in [5, 5.41) is 0. The lowest BCUT2D eigenvalue weighted by atomic mass is 10.2. The van der Waals surface area contributed by atoms with Crippen molar-refractivity contribution in [2.45, 2.75) is 39.5 Å². The molecule has 0 unspecified atom stereocenters. The molecular formula is C15H20O2. The number of hydrogen-bond acceptors (Lipinski definition) is 2. The van der Waals surface area contributed by atoms with Crippen LogP contribution in [0.5, 0.6) is 0 Å². The first-order chi connectivity index (χ1) is 8.20. The molecule has 0 aliphatic heterocycles. The maximum Gasteiger partial charge on any atom is 0.308 e. The van der Waals surface area contributed by atoms with Crippen molar-refractivity contribution in [2.24, 2.45) is 0 Å². The predicted octanol–water partition coefficient (Wildman–Crippen LogP) is 3.76. The van der Waals surface area contributed by atoms with Crippen LogP contribution in [0, 0.1) is 12.3 Å². The predicted molar refractivity (Wildman–Crippen MR) is 71.1 cm³/mol. The quantitative estimate of drug-likeness (QED) is 0.220. The average Bonchev–Trinajstić information content (AvgIpc) is 2.30. The number of carbonyl (C=O) groups is 1. The summed E-state index contributed by atoms with van der Waals surface area (Å²) in [6.45, 7) is 3.45. The molecule has 0 aliphatic carbocycles. The Kier molecular flexibility index (Phi) is 9.65. The van der Waals surface area contributed by atoms with E-state index in [0.29, 0.717) is 5.76 Å². The standard InChI is InChI=1S/C15H20O2/c1-4-6-7-8-9-10-11-12-13-15(5-2)17-14(3)16/h2,6-7,9-10,13H,4,8,11-12H2,1,3H3/b7-6-,10-9-,15-13+. The summed E-state index contributed by atoms with van der Waals surface area (Å²) in [7, 11) is 0. The zero-order valence-corrected chi connectivity index (χ0v) is 10.6. The van der Waals surface area contributed by atoms with Crippen LogP contribution in [0.25, 0.3) is 0 Å². The van der Waals surface area contributed by atoms with E-state index in [2.05, 4.69) is 37.1 Å². The Morgan fingerprint density at radius 2 is 1.94 bits per heavy atom. The van der Waals surface area contributed by atoms with Crippen LogP contribution in [0.2, 0.25) is 0 Å². The third-order valence-corrected chi connectivity index (χ3v) is 1.90. The lowest BCUT2D eigenvalue weighted by Crippen LogP contribution is -1.96. The second-order valence-electron chi connectivity index (χ2n) is 3.47. The highest BCUT2D eigenvalue weighted by Crippen LogP contribution is 2.02. The lowest BCUT2D eigenvalue weighted by molar-refractivity contribution is -0.136. The van der Waals surface area contributed by atoms with E-state index in [-0.39, 0.29) is 5.97 Å². The minimum absolute atomic E-state index is 0.303. The van der Waals surface area contributed by atoms with Crippen molar-refractivity contribution in [3.63, 3.8) is 0 Å². The van der Waals surface area contributed by atoms with Gasteiger partial charge in [0.1, 0.15) is 0 Å². The van der Waals surface area contributed by atoms with E-state index in [1.807, 2.05) is 0 Å². The molecule has 0 spiro atoms. The molecule has 0 bridgehead atoms. The fourth-order valence-electron chi connectivity index (χ4n) is 1.15. The largest absolute Gasteiger partial charge is 0.418 e. The summed E-state index contributed by atoms with van der Waals surface area (Å²) >= 11 is 0. The minimum atomic E-state index is -0.380. The maximum atomic E-state index is 10.7. The van der Waals surface area contributed by atoms with Crippen molar-refractivity contribution >= 4 is 5.97 Å². The highest BCUT2D eigenvalue weighted by Gasteiger charge is 1.96. The maximum absolute atomic E-state index is 10.7. The molecule has 0 aliphatic rings. The molecule has 0 radical (unpaired) electrons. The van der Waals surface area contributed by atoms with Crippen molar-refractivity contribution < 1.29 is 9.53 Å². The van der Waals surface area contributed by atoms with E-state index in [9.17, 15) is 4.79 Å². The molecule has 0 aromatic heterocycles. The molecule has 0 atom stereocenters. The van der Waals surface area contributed by atoms with Crippen molar-refractivity contribution in [2.75, 3.05) is 0 Å². The molecule has 0 saturated carbocycles. The number of esters is 1. The summed E-state index contributed by atoms with van der Waals surface area (Å²) in [5.41, 5.74) is 0. The number of allylic oxidation sites excluding steroid dienone is 6. The van der Waals surface area contributed by atoms with Crippen LogP contribution in [-0.4, -0.2) is 5.97 Å². The third kappa shape index (κ3) is 10.5. The van der Waals surface area contributed by atoms with E-state index in [4.69, 9.17) is 11.2 Å². The first kappa shape index (κ1) is 15.2. The Labute approximate surface area is 104 Å². The Balaban J connectivity index is 3.81. The number of hydrogen-bond donors (Lipinski definition) is 0. The molecule has 0 N–H and O–H groups in total. The fourth-order valence-corrected chi connectivity index (χ4v) is 1.15. The molecule has 0 saturated heterocycles. The monoisotopic (exact) mass is 232 g/mol. The molecule has 0 rings (SSSR count). The van der Waals surface area contributed by atoms with Gasteiger partial charge in [0, 0.05) is 6.92 Å². The molecule has 92 valence electrons. The highest BCUT2D eigenvalue weighted by molar-refractivity contribution is 5.68. The van der Waals surface area contributed by atoms with E-state index < -0.39 is 0 Å². The van der Waals surface area contributed by atoms with E-state index >= 15 is 0 Å². The van der Waals surface area contributed by atoms with Gasteiger partial charge in [0.15, 0.2) is 5.76 Å². The van der Waals surface area contributed by atoms with Gasteiger partial charge < -0.3 is 4.74 Å². The summed E-state index contributed by atoms with van der Waals surface area (Å²) in [6, 6.07) is 0. The van der Waals surface area contributed by atoms with Crippen molar-refractivity contribution in [3.05, 3.63) is 36.1 Å². The number of unbranched alkanes of at least 4 members (excludes halogenated alkanes) is 1. The Bertz CT molecular complexity index is 340. The van der Waals surface area contributed by atoms with Gasteiger partial charge >= 0.3 is 5.97 Å². The van der Waals surface area contributed by atoms with Crippen molar-refractivity contribution in [1.29, 1.82) is 0 Å². The smallest absolute Gasteiger partial charge is 0.308 e. The zero-order valence-electron chi connectivity index (χ0n) is 10.6. The van der Waals surface area contributed by atoms with Crippen LogP contribution in [0.3, 0.4) is 0 Å². The molecule has 0 aromatic carbocycles. The molecule has 2 heteroatoms. The third-order valence-electron chi connectivity index (χ3n) is 1.90. The SMILES string of the molecule is C#C/C(=C\CC/C=C\C/C=C\CC)OC(C)=O. The zero-order chi connectivity index (χ0) is 12.9. The van der Waals surface area contributed by atoms with Crippen LogP contribution in [0.4, 0.5) is 0 Å². The number of rotatable bonds is 7. The molecule has 0 aromatic rings. The van der Waals surface area contributed by atoms with Crippen LogP contribution >= 0.6 is 0 Å². The van der Waals surface area contributed by atoms with Gasteiger partial charge in [0.25, 0.3) is 0 Å². The van der Waals surface area contributed by atoms with Gasteiger partial charge in [0.2, 0.25) is 0 Å². The van der Waals surface area contributed by atoms with Gasteiger partial charge in [-0.05, 0) is 37.7 Å². The molecule has 0 heterocycles. The summed E-state index contributed by atoms with van der Waals surface area (Å²) in [5.74, 6) is 2.26. The first-order valence-electron chi connectivity index (χ1n) is 5.85. The van der Waals surface area contributed by atoms with Gasteiger partial charge in [-0.1, -0.05) is 31.2 Å². The average molecular weight is 232 g/mol. The summed E-state index contributed by atoms with van der Waals surface area (Å²) < 4.78 is 4.81. The van der Waals surface area contributed by atoms with Gasteiger partial charge in [-0.3, -0.25) is 4.79 Å². The molecule has 2 nitrogen and oxygen atoms in total. The number of ether oxygens (including phenoxy) is 1. The Hall–Kier alpha value is -1.75. The minimum Gasteiger partial charge on any atom is -0.418 e. The van der Waals surface area contributed by atoms with E-state index in [1.54, 1.807) is 6.08 Å². The number of terminal acetylenes is 1. The van der Waals surface area contributed by atoms with Gasteiger partial charge in [0.05, 0.1) is 0 Å². The summed E-state index contributed by atoms with van der Waals surface area (Å²) in [6.07, 6.45) is 19.1. The van der Waals surface area contributed by atoms with Gasteiger partial charge in [-0.15, -0.1) is 6.42 Å². The normalized spacial score (nSPS) is 11.9. The van der Waals surface area contributed by atoms with Crippen LogP contribution in [0.1, 0.15) is 39.5 Å². The second kappa shape index (κ2) is 10.8. The fraction of sp³-hybridized carbons (Fsp3) is 0.400. The Morgan fingerprint density at radius 1 is 1.24 bits per heavy atom. The topological polar surface area (TPSA) is 26.3 Å². The van der Waals surface area contributed by atoms with E-state index in [1.165, 1.54) is 6.92 Å². The molecular weight excluding hydrogens is 212 g/mol. The lowest BCUT2D eigenvalue weighted by Gasteiger charge is -1.98. The van der Waals surface area contributed by atoms with Crippen LogP contribution < -0.4 is 0 Å². The van der Waals surface area contributed by atoms with Gasteiger partial charge in [-0.2, -0.15) is 0 Å². The van der Waals surface area contributed by atoms with E-state index in [0.717, 1.165) is 25.7 Å². The van der Waals surface area contributed by atoms with Crippen molar-refractivity contribution in [3.8, 4) is 12.3 Å².